The topological polar surface area (TPSA) is 74.6 Å². The number of aromatic carboxylic acids is 2. The summed E-state index contributed by atoms with van der Waals surface area (Å²) in [5, 5.41) is 18.5. The minimum atomic E-state index is -1.24. The monoisotopic (exact) mass is 384 g/mol. The molecule has 0 saturated carbocycles. The zero-order chi connectivity index (χ0) is 20.8. The Morgan fingerprint density at radius 1 is 0.793 bits per heavy atom. The van der Waals surface area contributed by atoms with Gasteiger partial charge in [0.15, 0.2) is 0 Å². The number of hydrogen-bond acceptors (Lipinski definition) is 2. The van der Waals surface area contributed by atoms with Crippen molar-refractivity contribution in [2.75, 3.05) is 0 Å². The summed E-state index contributed by atoms with van der Waals surface area (Å²) >= 11 is 0. The fourth-order valence-electron chi connectivity index (χ4n) is 3.14. The molecule has 4 heteroatoms. The maximum atomic E-state index is 11.4. The molecule has 0 aliphatic heterocycles. The summed E-state index contributed by atoms with van der Waals surface area (Å²) in [4.78, 5) is 22.6. The summed E-state index contributed by atoms with van der Waals surface area (Å²) in [6.45, 7) is 2.05. The predicted molar refractivity (Wildman–Crippen MR) is 111 cm³/mol. The number of carbonyl (C=O) groups is 2. The molecule has 144 valence electrons. The van der Waals surface area contributed by atoms with Crippen LogP contribution in [0.15, 0.2) is 72.8 Å². The Morgan fingerprint density at radius 3 is 2.14 bits per heavy atom. The van der Waals surface area contributed by atoms with Gasteiger partial charge in [0.05, 0.1) is 11.1 Å². The number of carboxylic acid groups (broad SMARTS) is 2. The number of carboxylic acids is 2. The normalized spacial score (nSPS) is 11.2. The molecule has 0 heterocycles. The largest absolute Gasteiger partial charge is 0.478 e. The second-order valence-corrected chi connectivity index (χ2v) is 6.84. The minimum absolute atomic E-state index is 0.116. The highest BCUT2D eigenvalue weighted by Crippen LogP contribution is 2.23. The van der Waals surface area contributed by atoms with E-state index >= 15 is 0 Å². The van der Waals surface area contributed by atoms with E-state index < -0.39 is 11.9 Å². The number of hydrogen-bond donors (Lipinski definition) is 2. The lowest BCUT2D eigenvalue weighted by Gasteiger charge is -2.13. The van der Waals surface area contributed by atoms with Crippen molar-refractivity contribution in [3.8, 4) is 11.8 Å². The first-order valence-electron chi connectivity index (χ1n) is 9.20. The highest BCUT2D eigenvalue weighted by molar-refractivity contribution is 6.01. The lowest BCUT2D eigenvalue weighted by molar-refractivity contribution is 0.0651. The van der Waals surface area contributed by atoms with E-state index in [4.69, 9.17) is 5.11 Å². The Kier molecular flexibility index (Phi) is 6.11. The van der Waals surface area contributed by atoms with Crippen LogP contribution >= 0.6 is 0 Å². The van der Waals surface area contributed by atoms with Gasteiger partial charge in [0.1, 0.15) is 0 Å². The molecule has 3 aromatic carbocycles. The number of benzene rings is 3. The van der Waals surface area contributed by atoms with Crippen LogP contribution in [0.5, 0.6) is 0 Å². The van der Waals surface area contributed by atoms with E-state index in [1.165, 1.54) is 12.1 Å². The van der Waals surface area contributed by atoms with Gasteiger partial charge < -0.3 is 10.2 Å². The third-order valence-corrected chi connectivity index (χ3v) is 4.67. The van der Waals surface area contributed by atoms with Crippen molar-refractivity contribution in [1.82, 2.24) is 0 Å². The maximum Gasteiger partial charge on any atom is 0.336 e. The highest BCUT2D eigenvalue weighted by atomic mass is 16.4. The Labute approximate surface area is 169 Å². The van der Waals surface area contributed by atoms with E-state index in [2.05, 4.69) is 18.8 Å². The zero-order valence-electron chi connectivity index (χ0n) is 15.9. The van der Waals surface area contributed by atoms with Crippen LogP contribution in [0.3, 0.4) is 0 Å². The van der Waals surface area contributed by atoms with E-state index in [1.54, 1.807) is 6.07 Å². The summed E-state index contributed by atoms with van der Waals surface area (Å²) < 4.78 is 0. The Bertz CT molecular complexity index is 1100. The van der Waals surface area contributed by atoms with Crippen LogP contribution < -0.4 is 0 Å². The first kappa shape index (κ1) is 19.9. The molecular weight excluding hydrogens is 364 g/mol. The molecule has 0 fully saturated rings. The van der Waals surface area contributed by atoms with Crippen molar-refractivity contribution >= 4 is 11.9 Å². The van der Waals surface area contributed by atoms with E-state index in [-0.39, 0.29) is 17.0 Å². The van der Waals surface area contributed by atoms with Crippen molar-refractivity contribution in [3.05, 3.63) is 106 Å². The molecule has 3 aromatic rings. The Morgan fingerprint density at radius 2 is 1.45 bits per heavy atom. The van der Waals surface area contributed by atoms with Crippen LogP contribution in [0, 0.1) is 11.8 Å². The van der Waals surface area contributed by atoms with Crippen LogP contribution in [0.4, 0.5) is 0 Å². The first-order valence-corrected chi connectivity index (χ1v) is 9.20. The fourth-order valence-corrected chi connectivity index (χ4v) is 3.14. The molecular formula is C25H20O4. The summed E-state index contributed by atoms with van der Waals surface area (Å²) in [6.07, 6.45) is 0.593. The molecule has 0 aromatic heterocycles. The molecule has 0 saturated heterocycles. The van der Waals surface area contributed by atoms with Gasteiger partial charge in [-0.05, 0) is 59.9 Å². The second-order valence-electron chi connectivity index (χ2n) is 6.84. The molecule has 0 amide bonds. The van der Waals surface area contributed by atoms with Crippen LogP contribution in [0.2, 0.25) is 0 Å². The third kappa shape index (κ3) is 5.12. The van der Waals surface area contributed by atoms with Gasteiger partial charge in [0.2, 0.25) is 0 Å². The highest BCUT2D eigenvalue weighted by Gasteiger charge is 2.17. The quantitative estimate of drug-likeness (QED) is 0.618. The van der Waals surface area contributed by atoms with Crippen molar-refractivity contribution in [1.29, 1.82) is 0 Å². The molecule has 2 N–H and O–H groups in total. The summed E-state index contributed by atoms with van der Waals surface area (Å²) in [5.41, 5.74) is 3.33. The van der Waals surface area contributed by atoms with Gasteiger partial charge in [-0.1, -0.05) is 55.2 Å². The van der Waals surface area contributed by atoms with Crippen molar-refractivity contribution in [3.63, 3.8) is 0 Å². The molecule has 1 atom stereocenters. The lowest BCUT2D eigenvalue weighted by atomic mass is 9.91. The Hall–Kier alpha value is -3.84. The lowest BCUT2D eigenvalue weighted by Crippen LogP contribution is -2.09. The third-order valence-electron chi connectivity index (χ3n) is 4.67. The van der Waals surface area contributed by atoms with E-state index in [0.29, 0.717) is 6.42 Å². The molecule has 1 unspecified atom stereocenters. The molecule has 4 nitrogen and oxygen atoms in total. The second kappa shape index (κ2) is 8.90. The molecule has 0 aliphatic carbocycles. The van der Waals surface area contributed by atoms with Crippen LogP contribution in [-0.4, -0.2) is 22.2 Å². The van der Waals surface area contributed by atoms with E-state index in [9.17, 15) is 14.7 Å². The average molecular weight is 384 g/mol. The smallest absolute Gasteiger partial charge is 0.336 e. The van der Waals surface area contributed by atoms with Crippen LogP contribution in [0.25, 0.3) is 0 Å². The maximum absolute atomic E-state index is 11.4. The molecule has 0 radical (unpaired) electrons. The van der Waals surface area contributed by atoms with Gasteiger partial charge >= 0.3 is 11.9 Å². The predicted octanol–water partition coefficient (Wildman–Crippen LogP) is 4.83. The first-order chi connectivity index (χ1) is 13.9. The number of rotatable bonds is 5. The fraction of sp³-hybridized carbons (Fsp3) is 0.120. The summed E-state index contributed by atoms with van der Waals surface area (Å²) in [7, 11) is 0. The van der Waals surface area contributed by atoms with Gasteiger partial charge in [-0.2, -0.15) is 0 Å². The summed E-state index contributed by atoms with van der Waals surface area (Å²) in [6, 6.07) is 22.2. The average Bonchev–Trinajstić information content (AvgIpc) is 2.73. The molecule has 0 bridgehead atoms. The Balaban J connectivity index is 1.80. The van der Waals surface area contributed by atoms with Gasteiger partial charge in [-0.25, -0.2) is 9.59 Å². The van der Waals surface area contributed by atoms with E-state index in [0.717, 1.165) is 22.3 Å². The van der Waals surface area contributed by atoms with Crippen LogP contribution in [-0.2, 0) is 6.42 Å². The van der Waals surface area contributed by atoms with Gasteiger partial charge in [-0.15, -0.1) is 0 Å². The molecule has 3 rings (SSSR count). The SMILES string of the molecule is CC(Cc1ccc(C(=O)O)c(C(=O)O)c1)c1cccc(C#Cc2ccccc2)c1. The van der Waals surface area contributed by atoms with Crippen molar-refractivity contribution in [2.45, 2.75) is 19.3 Å². The van der Waals surface area contributed by atoms with Crippen molar-refractivity contribution in [2.24, 2.45) is 0 Å². The van der Waals surface area contributed by atoms with Gasteiger partial charge in [0, 0.05) is 11.1 Å². The van der Waals surface area contributed by atoms with Crippen LogP contribution in [0.1, 0.15) is 55.8 Å². The van der Waals surface area contributed by atoms with Crippen molar-refractivity contribution < 1.29 is 19.8 Å². The summed E-state index contributed by atoms with van der Waals surface area (Å²) in [5.74, 6) is 3.95. The molecule has 29 heavy (non-hydrogen) atoms. The van der Waals surface area contributed by atoms with E-state index in [1.807, 2.05) is 54.6 Å². The van der Waals surface area contributed by atoms with Gasteiger partial charge in [0.25, 0.3) is 0 Å². The zero-order valence-corrected chi connectivity index (χ0v) is 15.9. The standard InChI is InChI=1S/C25H20O4/c1-17(14-20-12-13-22(24(26)27)23(16-20)25(28)29)21-9-5-8-19(15-21)11-10-18-6-3-2-4-7-18/h2-9,12-13,15-17H,14H2,1H3,(H,26,27)(H,28,29). The molecule has 0 aliphatic rings. The molecule has 0 spiro atoms. The minimum Gasteiger partial charge on any atom is -0.478 e. The van der Waals surface area contributed by atoms with Gasteiger partial charge in [-0.3, -0.25) is 0 Å².